The minimum atomic E-state index is -0.502. The van der Waals surface area contributed by atoms with Crippen molar-refractivity contribution in [3.8, 4) is 0 Å². The van der Waals surface area contributed by atoms with E-state index in [1.165, 1.54) is 6.08 Å². The van der Waals surface area contributed by atoms with E-state index in [0.717, 1.165) is 21.7 Å². The Morgan fingerprint density at radius 3 is 2.47 bits per heavy atom. The Hall–Kier alpha value is -3.97. The average molecular weight is 402 g/mol. The molecule has 0 fully saturated rings. The summed E-state index contributed by atoms with van der Waals surface area (Å²) < 4.78 is 5.14. The van der Waals surface area contributed by atoms with Crippen LogP contribution in [0.25, 0.3) is 6.08 Å². The molecule has 0 aliphatic rings. The third-order valence-corrected chi connectivity index (χ3v) is 4.20. The van der Waals surface area contributed by atoms with Crippen molar-refractivity contribution in [2.75, 3.05) is 5.01 Å². The second-order valence-electron chi connectivity index (χ2n) is 6.41. The molecule has 7 nitrogen and oxygen atoms in total. The maximum Gasteiger partial charge on any atom is 0.407 e. The Labute approximate surface area is 174 Å². The summed E-state index contributed by atoms with van der Waals surface area (Å²) in [5.41, 5.74) is 3.18. The van der Waals surface area contributed by atoms with Crippen LogP contribution in [0.5, 0.6) is 0 Å². The quantitative estimate of drug-likeness (QED) is 0.273. The lowest BCUT2D eigenvalue weighted by Gasteiger charge is -2.14. The molecule has 2 amide bonds. The lowest BCUT2D eigenvalue weighted by atomic mass is 10.1. The largest absolute Gasteiger partial charge is 0.445 e. The number of hydrazine groups is 1. The summed E-state index contributed by atoms with van der Waals surface area (Å²) >= 11 is 0. The van der Waals surface area contributed by atoms with Gasteiger partial charge in [0.2, 0.25) is 0 Å². The molecule has 0 bridgehead atoms. The average Bonchev–Trinajstić information content (AvgIpc) is 2.81. The molecule has 1 aromatic heterocycles. The van der Waals surface area contributed by atoms with Crippen LogP contribution < -0.4 is 16.2 Å². The molecule has 7 heteroatoms. The first-order valence-corrected chi connectivity index (χ1v) is 9.32. The van der Waals surface area contributed by atoms with Crippen LogP contribution in [-0.2, 0) is 22.7 Å². The minimum Gasteiger partial charge on any atom is -0.445 e. The van der Waals surface area contributed by atoms with Crippen LogP contribution in [0.3, 0.4) is 0 Å². The van der Waals surface area contributed by atoms with Gasteiger partial charge in [0.15, 0.2) is 0 Å². The highest BCUT2D eigenvalue weighted by Crippen LogP contribution is 2.11. The zero-order chi connectivity index (χ0) is 21.2. The van der Waals surface area contributed by atoms with Gasteiger partial charge in [-0.15, -0.1) is 0 Å². The van der Waals surface area contributed by atoms with Gasteiger partial charge in [-0.3, -0.25) is 9.78 Å². The van der Waals surface area contributed by atoms with Crippen molar-refractivity contribution in [3.63, 3.8) is 0 Å². The molecule has 0 unspecified atom stereocenters. The topological polar surface area (TPSA) is 97.6 Å². The highest BCUT2D eigenvalue weighted by molar-refractivity contribution is 6.02. The number of alkyl carbamates (subject to hydrolysis) is 1. The molecule has 0 aliphatic heterocycles. The fourth-order valence-electron chi connectivity index (χ4n) is 2.57. The van der Waals surface area contributed by atoms with E-state index in [4.69, 9.17) is 10.6 Å². The van der Waals surface area contributed by atoms with Gasteiger partial charge in [0, 0.05) is 30.6 Å². The van der Waals surface area contributed by atoms with E-state index < -0.39 is 6.09 Å². The molecule has 152 valence electrons. The zero-order valence-electron chi connectivity index (χ0n) is 16.3. The van der Waals surface area contributed by atoms with Gasteiger partial charge < -0.3 is 10.1 Å². The van der Waals surface area contributed by atoms with E-state index in [0.29, 0.717) is 12.2 Å². The number of aromatic nitrogens is 1. The molecule has 0 aliphatic carbocycles. The second-order valence-corrected chi connectivity index (χ2v) is 6.41. The van der Waals surface area contributed by atoms with Gasteiger partial charge in [-0.1, -0.05) is 48.5 Å². The van der Waals surface area contributed by atoms with Crippen LogP contribution in [0.4, 0.5) is 10.5 Å². The zero-order valence-corrected chi connectivity index (χ0v) is 16.3. The number of hydrogen-bond acceptors (Lipinski definition) is 5. The molecule has 0 atom stereocenters. The van der Waals surface area contributed by atoms with Crippen LogP contribution in [0.2, 0.25) is 0 Å². The summed E-state index contributed by atoms with van der Waals surface area (Å²) in [6.07, 6.45) is 5.90. The van der Waals surface area contributed by atoms with Crippen molar-refractivity contribution in [2.24, 2.45) is 5.84 Å². The number of nitrogens with two attached hydrogens (primary N) is 1. The van der Waals surface area contributed by atoms with Crippen molar-refractivity contribution in [1.82, 2.24) is 10.3 Å². The number of amides is 2. The number of rotatable bonds is 7. The van der Waals surface area contributed by atoms with Crippen LogP contribution in [0, 0.1) is 0 Å². The van der Waals surface area contributed by atoms with Crippen molar-refractivity contribution < 1.29 is 14.3 Å². The van der Waals surface area contributed by atoms with E-state index in [1.807, 2.05) is 48.5 Å². The van der Waals surface area contributed by atoms with E-state index >= 15 is 0 Å². The third kappa shape index (κ3) is 6.29. The van der Waals surface area contributed by atoms with Gasteiger partial charge in [0.1, 0.15) is 6.61 Å². The first-order valence-electron chi connectivity index (χ1n) is 9.32. The molecule has 0 saturated carbocycles. The van der Waals surface area contributed by atoms with Gasteiger partial charge in [-0.05, 0) is 35.4 Å². The predicted molar refractivity (Wildman–Crippen MR) is 115 cm³/mol. The molecule has 2 aromatic carbocycles. The highest BCUT2D eigenvalue weighted by Gasteiger charge is 2.07. The Bertz CT molecular complexity index is 990. The number of nitrogens with one attached hydrogen (secondary N) is 1. The number of anilines is 1. The molecule has 3 aromatic rings. The van der Waals surface area contributed by atoms with Crippen LogP contribution in [0.1, 0.15) is 16.7 Å². The van der Waals surface area contributed by atoms with Gasteiger partial charge in [-0.25, -0.2) is 15.6 Å². The lowest BCUT2D eigenvalue weighted by Crippen LogP contribution is -2.36. The van der Waals surface area contributed by atoms with E-state index in [9.17, 15) is 9.59 Å². The molecule has 1 heterocycles. The summed E-state index contributed by atoms with van der Waals surface area (Å²) in [6.45, 7) is 0.498. The number of carbonyl (C=O) groups excluding carboxylic acids is 2. The number of ether oxygens (including phenoxy) is 1. The summed E-state index contributed by atoms with van der Waals surface area (Å²) in [6, 6.07) is 20.1. The van der Waals surface area contributed by atoms with E-state index in [1.54, 1.807) is 36.7 Å². The normalized spacial score (nSPS) is 10.6. The van der Waals surface area contributed by atoms with Crippen LogP contribution in [0.15, 0.2) is 85.2 Å². The van der Waals surface area contributed by atoms with Gasteiger partial charge in [0.05, 0.1) is 5.69 Å². The third-order valence-electron chi connectivity index (χ3n) is 4.20. The smallest absolute Gasteiger partial charge is 0.407 e. The first kappa shape index (κ1) is 20.8. The minimum absolute atomic E-state index is 0.165. The number of para-hydroxylation sites is 1. The molecule has 3 rings (SSSR count). The standard InChI is InChI=1S/C23H22N4O3/c24-27(21-6-2-1-3-7-21)22(28)13-12-18-8-10-19(11-9-18)16-26-23(29)30-17-20-5-4-14-25-15-20/h1-15H,16-17,24H2,(H,26,29). The van der Waals surface area contributed by atoms with Crippen molar-refractivity contribution in [3.05, 3.63) is 102 Å². The molecule has 0 saturated heterocycles. The summed E-state index contributed by atoms with van der Waals surface area (Å²) in [5.74, 6) is 5.50. The van der Waals surface area contributed by atoms with Crippen molar-refractivity contribution in [2.45, 2.75) is 13.2 Å². The Morgan fingerprint density at radius 1 is 1.00 bits per heavy atom. The van der Waals surface area contributed by atoms with Crippen molar-refractivity contribution in [1.29, 1.82) is 0 Å². The SMILES string of the molecule is NN(C(=O)C=Cc1ccc(CNC(=O)OCc2cccnc2)cc1)c1ccccc1. The number of nitrogens with zero attached hydrogens (tertiary/aromatic N) is 2. The molecule has 3 N–H and O–H groups in total. The number of hydrogen-bond donors (Lipinski definition) is 2. The number of benzene rings is 2. The second kappa shape index (κ2) is 10.5. The summed E-state index contributed by atoms with van der Waals surface area (Å²) in [4.78, 5) is 27.9. The molecule has 30 heavy (non-hydrogen) atoms. The maximum absolute atomic E-state index is 12.2. The highest BCUT2D eigenvalue weighted by atomic mass is 16.5. The van der Waals surface area contributed by atoms with Gasteiger partial charge in [-0.2, -0.15) is 0 Å². The van der Waals surface area contributed by atoms with Crippen molar-refractivity contribution >= 4 is 23.8 Å². The fourth-order valence-corrected chi connectivity index (χ4v) is 2.57. The number of pyridine rings is 1. The number of carbonyl (C=O) groups is 2. The monoisotopic (exact) mass is 402 g/mol. The molecule has 0 radical (unpaired) electrons. The Kier molecular flexibility index (Phi) is 7.29. The maximum atomic E-state index is 12.2. The lowest BCUT2D eigenvalue weighted by molar-refractivity contribution is -0.114. The first-order chi connectivity index (χ1) is 14.6. The molecule has 0 spiro atoms. The van der Waals surface area contributed by atoms with Gasteiger partial charge >= 0.3 is 6.09 Å². The molecular weight excluding hydrogens is 380 g/mol. The predicted octanol–water partition coefficient (Wildman–Crippen LogP) is 3.43. The van der Waals surface area contributed by atoms with Gasteiger partial charge in [0.25, 0.3) is 5.91 Å². The van der Waals surface area contributed by atoms with Crippen LogP contribution >= 0.6 is 0 Å². The summed E-state index contributed by atoms with van der Waals surface area (Å²) in [7, 11) is 0. The fraction of sp³-hybridized carbons (Fsp3) is 0.0870. The van der Waals surface area contributed by atoms with E-state index in [2.05, 4.69) is 10.3 Å². The van der Waals surface area contributed by atoms with E-state index in [-0.39, 0.29) is 12.5 Å². The Balaban J connectivity index is 1.45. The Morgan fingerprint density at radius 2 is 1.77 bits per heavy atom. The molecular formula is C23H22N4O3. The van der Waals surface area contributed by atoms with Crippen LogP contribution in [-0.4, -0.2) is 17.0 Å². The summed E-state index contributed by atoms with van der Waals surface area (Å²) in [5, 5.41) is 3.78.